The molecule has 1 aromatic carbocycles. The van der Waals surface area contributed by atoms with Crippen molar-refractivity contribution in [1.82, 2.24) is 4.90 Å². The maximum absolute atomic E-state index is 13.2. The predicted molar refractivity (Wildman–Crippen MR) is 81.7 cm³/mol. The summed E-state index contributed by atoms with van der Waals surface area (Å²) >= 11 is 4.74. The molecular formula is C14H15BrFNOS. The lowest BCUT2D eigenvalue weighted by molar-refractivity contribution is 0.0669. The van der Waals surface area contributed by atoms with Gasteiger partial charge in [-0.05, 0) is 37.4 Å². The smallest absolute Gasteiger partial charge is 0.264 e. The molecule has 102 valence electrons. The van der Waals surface area contributed by atoms with Crippen LogP contribution in [-0.2, 0) is 0 Å². The SMILES string of the molecule is CN(C(=O)c1cc2ccc(F)cc2s1)C(C)(C)CBr. The van der Waals surface area contributed by atoms with E-state index < -0.39 is 0 Å². The number of fused-ring (bicyclic) bond motifs is 1. The second-order valence-corrected chi connectivity index (χ2v) is 6.75. The number of alkyl halides is 1. The van der Waals surface area contributed by atoms with Crippen molar-refractivity contribution in [1.29, 1.82) is 0 Å². The lowest BCUT2D eigenvalue weighted by Crippen LogP contribution is -2.46. The van der Waals surface area contributed by atoms with Crippen LogP contribution in [0.1, 0.15) is 23.5 Å². The first kappa shape index (κ1) is 14.5. The van der Waals surface area contributed by atoms with Crippen LogP contribution in [0.5, 0.6) is 0 Å². The largest absolute Gasteiger partial charge is 0.335 e. The maximum Gasteiger partial charge on any atom is 0.264 e. The molecule has 2 rings (SSSR count). The highest BCUT2D eigenvalue weighted by molar-refractivity contribution is 9.09. The normalized spacial score (nSPS) is 11.8. The van der Waals surface area contributed by atoms with Gasteiger partial charge in [-0.15, -0.1) is 11.3 Å². The zero-order chi connectivity index (χ0) is 14.2. The number of hydrogen-bond donors (Lipinski definition) is 0. The second-order valence-electron chi connectivity index (χ2n) is 5.10. The van der Waals surface area contributed by atoms with Gasteiger partial charge in [-0.3, -0.25) is 4.79 Å². The first-order chi connectivity index (χ1) is 8.85. The van der Waals surface area contributed by atoms with Crippen LogP contribution in [0.4, 0.5) is 4.39 Å². The van der Waals surface area contributed by atoms with E-state index in [1.165, 1.54) is 23.5 Å². The number of thiophene rings is 1. The lowest BCUT2D eigenvalue weighted by atomic mass is 10.1. The monoisotopic (exact) mass is 343 g/mol. The van der Waals surface area contributed by atoms with Crippen LogP contribution in [0.25, 0.3) is 10.1 Å². The summed E-state index contributed by atoms with van der Waals surface area (Å²) in [6.45, 7) is 3.99. The van der Waals surface area contributed by atoms with Crippen LogP contribution in [0.2, 0.25) is 0 Å². The summed E-state index contributed by atoms with van der Waals surface area (Å²) < 4.78 is 14.0. The van der Waals surface area contributed by atoms with Gasteiger partial charge >= 0.3 is 0 Å². The summed E-state index contributed by atoms with van der Waals surface area (Å²) in [7, 11) is 1.79. The molecule has 0 saturated heterocycles. The van der Waals surface area contributed by atoms with Crippen LogP contribution in [0.3, 0.4) is 0 Å². The molecule has 1 aromatic heterocycles. The van der Waals surface area contributed by atoms with Gasteiger partial charge in [0.1, 0.15) is 5.82 Å². The van der Waals surface area contributed by atoms with E-state index in [1.807, 2.05) is 19.9 Å². The Morgan fingerprint density at radius 1 is 1.42 bits per heavy atom. The zero-order valence-corrected chi connectivity index (χ0v) is 13.4. The first-order valence-electron chi connectivity index (χ1n) is 5.88. The van der Waals surface area contributed by atoms with Gasteiger partial charge in [0.2, 0.25) is 0 Å². The minimum absolute atomic E-state index is 0.0361. The molecule has 19 heavy (non-hydrogen) atoms. The molecule has 1 heterocycles. The van der Waals surface area contributed by atoms with Crippen molar-refractivity contribution in [3.8, 4) is 0 Å². The van der Waals surface area contributed by atoms with Gasteiger partial charge in [0.05, 0.1) is 4.88 Å². The quantitative estimate of drug-likeness (QED) is 0.761. The average Bonchev–Trinajstić information content (AvgIpc) is 2.79. The van der Waals surface area contributed by atoms with Gasteiger partial charge < -0.3 is 4.90 Å². The maximum atomic E-state index is 13.2. The van der Waals surface area contributed by atoms with Crippen LogP contribution in [0, 0.1) is 5.82 Å². The molecule has 0 radical (unpaired) electrons. The van der Waals surface area contributed by atoms with Crippen molar-refractivity contribution in [3.05, 3.63) is 35.0 Å². The van der Waals surface area contributed by atoms with Crippen molar-refractivity contribution in [2.24, 2.45) is 0 Å². The van der Waals surface area contributed by atoms with Crippen LogP contribution >= 0.6 is 27.3 Å². The highest BCUT2D eigenvalue weighted by Gasteiger charge is 2.28. The average molecular weight is 344 g/mol. The highest BCUT2D eigenvalue weighted by Crippen LogP contribution is 2.28. The van der Waals surface area contributed by atoms with Crippen molar-refractivity contribution in [3.63, 3.8) is 0 Å². The number of hydrogen-bond acceptors (Lipinski definition) is 2. The molecule has 1 amide bonds. The highest BCUT2D eigenvalue weighted by atomic mass is 79.9. The molecular weight excluding hydrogens is 329 g/mol. The van der Waals surface area contributed by atoms with Crippen molar-refractivity contribution >= 4 is 43.3 Å². The molecule has 0 atom stereocenters. The molecule has 0 aliphatic rings. The molecule has 0 unspecified atom stereocenters. The fraction of sp³-hybridized carbons (Fsp3) is 0.357. The second kappa shape index (κ2) is 5.21. The number of halogens is 2. The van der Waals surface area contributed by atoms with E-state index in [1.54, 1.807) is 18.0 Å². The molecule has 2 nitrogen and oxygen atoms in total. The summed E-state index contributed by atoms with van der Waals surface area (Å²) in [6.07, 6.45) is 0. The standard InChI is InChI=1S/C14H15BrFNOS/c1-14(2,8-15)17(3)13(18)12-6-9-4-5-10(16)7-11(9)19-12/h4-7H,8H2,1-3H3. The summed E-state index contributed by atoms with van der Waals surface area (Å²) in [4.78, 5) is 14.8. The van der Waals surface area contributed by atoms with Gasteiger partial charge in [-0.1, -0.05) is 22.0 Å². The summed E-state index contributed by atoms with van der Waals surface area (Å²) in [5.74, 6) is -0.312. The van der Waals surface area contributed by atoms with E-state index in [2.05, 4.69) is 15.9 Å². The van der Waals surface area contributed by atoms with Crippen LogP contribution < -0.4 is 0 Å². The van der Waals surface area contributed by atoms with E-state index in [-0.39, 0.29) is 17.3 Å². The number of carbonyl (C=O) groups is 1. The van der Waals surface area contributed by atoms with E-state index >= 15 is 0 Å². The van der Waals surface area contributed by atoms with Gasteiger partial charge in [-0.25, -0.2) is 4.39 Å². The fourth-order valence-corrected chi connectivity index (χ4v) is 3.08. The number of benzene rings is 1. The van der Waals surface area contributed by atoms with Crippen LogP contribution in [0.15, 0.2) is 24.3 Å². The third-order valence-corrected chi connectivity index (χ3v) is 5.69. The van der Waals surface area contributed by atoms with E-state index in [0.29, 0.717) is 10.2 Å². The third-order valence-electron chi connectivity index (χ3n) is 3.23. The molecule has 0 aliphatic heterocycles. The fourth-order valence-electron chi connectivity index (χ4n) is 1.64. The Kier molecular flexibility index (Phi) is 3.97. The van der Waals surface area contributed by atoms with Crippen LogP contribution in [-0.4, -0.2) is 28.7 Å². The molecule has 0 spiro atoms. The zero-order valence-electron chi connectivity index (χ0n) is 11.0. The number of amides is 1. The number of rotatable bonds is 3. The molecule has 2 aromatic rings. The molecule has 0 N–H and O–H groups in total. The molecule has 5 heteroatoms. The Hall–Kier alpha value is -0.940. The number of nitrogens with zero attached hydrogens (tertiary/aromatic N) is 1. The van der Waals surface area contributed by atoms with Crippen molar-refractivity contribution in [2.75, 3.05) is 12.4 Å². The Balaban J connectivity index is 2.36. The number of carbonyl (C=O) groups excluding carboxylic acids is 1. The molecule has 0 aliphatic carbocycles. The van der Waals surface area contributed by atoms with Crippen molar-refractivity contribution < 1.29 is 9.18 Å². The van der Waals surface area contributed by atoms with Gasteiger partial charge in [0, 0.05) is 22.6 Å². The topological polar surface area (TPSA) is 20.3 Å². The van der Waals surface area contributed by atoms with Crippen molar-refractivity contribution in [2.45, 2.75) is 19.4 Å². The molecule has 0 saturated carbocycles. The predicted octanol–water partition coefficient (Wildman–Crippen LogP) is 4.29. The van der Waals surface area contributed by atoms with Gasteiger partial charge in [0.25, 0.3) is 5.91 Å². The van der Waals surface area contributed by atoms with E-state index in [9.17, 15) is 9.18 Å². The molecule has 0 fully saturated rings. The minimum Gasteiger partial charge on any atom is -0.335 e. The summed E-state index contributed by atoms with van der Waals surface area (Å²) in [5.41, 5.74) is -0.265. The van der Waals surface area contributed by atoms with Gasteiger partial charge in [0.15, 0.2) is 0 Å². The Labute approximate surface area is 124 Å². The Morgan fingerprint density at radius 3 is 2.74 bits per heavy atom. The lowest BCUT2D eigenvalue weighted by Gasteiger charge is -2.33. The summed E-state index contributed by atoms with van der Waals surface area (Å²) in [5, 5.41) is 1.60. The minimum atomic E-state index is -0.275. The third kappa shape index (κ3) is 2.82. The van der Waals surface area contributed by atoms with E-state index in [4.69, 9.17) is 0 Å². The Morgan fingerprint density at radius 2 is 2.11 bits per heavy atom. The van der Waals surface area contributed by atoms with Gasteiger partial charge in [-0.2, -0.15) is 0 Å². The Bertz CT molecular complexity index is 623. The van der Waals surface area contributed by atoms with E-state index in [0.717, 1.165) is 10.1 Å². The molecule has 0 bridgehead atoms. The summed E-state index contributed by atoms with van der Waals surface area (Å²) in [6, 6.07) is 6.40. The first-order valence-corrected chi connectivity index (χ1v) is 7.82.